The van der Waals surface area contributed by atoms with Crippen molar-refractivity contribution in [3.63, 3.8) is 0 Å². The molecule has 2 aliphatic carbocycles. The van der Waals surface area contributed by atoms with E-state index in [1.807, 2.05) is 20.8 Å². The average molecular weight is 341 g/mol. The van der Waals surface area contributed by atoms with Crippen LogP contribution in [0.25, 0.3) is 0 Å². The lowest BCUT2D eigenvalue weighted by atomic mass is 9.98. The Morgan fingerprint density at radius 1 is 0.792 bits per heavy atom. The summed E-state index contributed by atoms with van der Waals surface area (Å²) in [5, 5.41) is 0. The van der Waals surface area contributed by atoms with Crippen LogP contribution in [0.15, 0.2) is 0 Å². The third-order valence-electron chi connectivity index (χ3n) is 4.56. The summed E-state index contributed by atoms with van der Waals surface area (Å²) in [5.41, 5.74) is 0. The SMILES string of the molecule is CC(C)CC(=O)OC1CCCCC1.CCC(=O)OC1CCCCC1. The molecule has 140 valence electrons. The van der Waals surface area contributed by atoms with Crippen molar-refractivity contribution in [2.24, 2.45) is 5.92 Å². The fourth-order valence-electron chi connectivity index (χ4n) is 3.20. The van der Waals surface area contributed by atoms with Crippen LogP contribution in [-0.4, -0.2) is 24.1 Å². The molecule has 0 heterocycles. The molecule has 0 aromatic heterocycles. The number of esters is 2. The second-order valence-corrected chi connectivity index (χ2v) is 7.45. The number of rotatable bonds is 5. The third kappa shape index (κ3) is 9.94. The number of hydrogen-bond acceptors (Lipinski definition) is 4. The molecule has 4 nitrogen and oxygen atoms in total. The number of ether oxygens (including phenoxy) is 2. The normalized spacial score (nSPS) is 19.3. The highest BCUT2D eigenvalue weighted by atomic mass is 16.5. The van der Waals surface area contributed by atoms with E-state index in [4.69, 9.17) is 9.47 Å². The molecule has 0 saturated heterocycles. The maximum Gasteiger partial charge on any atom is 0.306 e. The zero-order valence-corrected chi connectivity index (χ0v) is 15.9. The standard InChI is InChI=1S/C11H20O2.C9H16O2/c1-9(2)8-11(12)13-10-6-4-3-5-7-10;1-2-9(10)11-8-6-4-3-5-7-8/h9-10H,3-8H2,1-2H3;8H,2-7H2,1H3. The quantitative estimate of drug-likeness (QED) is 0.647. The van der Waals surface area contributed by atoms with Crippen molar-refractivity contribution >= 4 is 11.9 Å². The van der Waals surface area contributed by atoms with Crippen LogP contribution in [0.5, 0.6) is 0 Å². The third-order valence-corrected chi connectivity index (χ3v) is 4.56. The van der Waals surface area contributed by atoms with E-state index in [-0.39, 0.29) is 24.1 Å². The Morgan fingerprint density at radius 2 is 1.21 bits per heavy atom. The maximum absolute atomic E-state index is 11.3. The van der Waals surface area contributed by atoms with Gasteiger partial charge < -0.3 is 9.47 Å². The van der Waals surface area contributed by atoms with Crippen LogP contribution in [0.2, 0.25) is 0 Å². The van der Waals surface area contributed by atoms with Gasteiger partial charge in [-0.2, -0.15) is 0 Å². The molecule has 0 unspecified atom stereocenters. The molecule has 24 heavy (non-hydrogen) atoms. The van der Waals surface area contributed by atoms with Crippen molar-refractivity contribution in [3.8, 4) is 0 Å². The van der Waals surface area contributed by atoms with E-state index >= 15 is 0 Å². The molecule has 2 aliphatic rings. The first-order valence-corrected chi connectivity index (χ1v) is 9.90. The van der Waals surface area contributed by atoms with Crippen LogP contribution >= 0.6 is 0 Å². The van der Waals surface area contributed by atoms with Gasteiger partial charge in [0.25, 0.3) is 0 Å². The Labute approximate surface area is 147 Å². The molecular weight excluding hydrogens is 304 g/mol. The van der Waals surface area contributed by atoms with Gasteiger partial charge in [-0.1, -0.05) is 33.6 Å². The summed E-state index contributed by atoms with van der Waals surface area (Å²) in [7, 11) is 0. The Balaban J connectivity index is 0.000000243. The molecule has 0 bridgehead atoms. The topological polar surface area (TPSA) is 52.6 Å². The van der Waals surface area contributed by atoms with Crippen LogP contribution in [0, 0.1) is 5.92 Å². The predicted molar refractivity (Wildman–Crippen MR) is 95.7 cm³/mol. The lowest BCUT2D eigenvalue weighted by Crippen LogP contribution is -2.21. The van der Waals surface area contributed by atoms with Gasteiger partial charge >= 0.3 is 11.9 Å². The summed E-state index contributed by atoms with van der Waals surface area (Å²) < 4.78 is 10.6. The molecule has 0 radical (unpaired) electrons. The molecule has 4 heteroatoms. The van der Waals surface area contributed by atoms with Crippen molar-refractivity contribution < 1.29 is 19.1 Å². The Kier molecular flexibility index (Phi) is 10.8. The Hall–Kier alpha value is -1.06. The van der Waals surface area contributed by atoms with Crippen LogP contribution in [0.3, 0.4) is 0 Å². The summed E-state index contributed by atoms with van der Waals surface area (Å²) >= 11 is 0. The molecule has 2 saturated carbocycles. The first kappa shape index (κ1) is 21.0. The molecule has 0 aromatic carbocycles. The van der Waals surface area contributed by atoms with Gasteiger partial charge in [-0.05, 0) is 57.3 Å². The molecule has 0 N–H and O–H groups in total. The summed E-state index contributed by atoms with van der Waals surface area (Å²) in [6, 6.07) is 0. The van der Waals surface area contributed by atoms with Gasteiger partial charge in [0.2, 0.25) is 0 Å². The molecule has 2 rings (SSSR count). The minimum Gasteiger partial charge on any atom is -0.462 e. The van der Waals surface area contributed by atoms with Gasteiger partial charge in [-0.3, -0.25) is 9.59 Å². The average Bonchev–Trinajstić information content (AvgIpc) is 2.56. The predicted octanol–water partition coefficient (Wildman–Crippen LogP) is 5.18. The largest absolute Gasteiger partial charge is 0.462 e. The zero-order chi connectivity index (χ0) is 17.8. The molecule has 2 fully saturated rings. The summed E-state index contributed by atoms with van der Waals surface area (Å²) in [6.45, 7) is 5.93. The van der Waals surface area contributed by atoms with Crippen LogP contribution in [-0.2, 0) is 19.1 Å². The van der Waals surface area contributed by atoms with Crippen molar-refractivity contribution in [1.29, 1.82) is 0 Å². The highest BCUT2D eigenvalue weighted by Gasteiger charge is 2.18. The highest BCUT2D eigenvalue weighted by molar-refractivity contribution is 5.69. The van der Waals surface area contributed by atoms with E-state index in [2.05, 4.69) is 0 Å². The smallest absolute Gasteiger partial charge is 0.306 e. The monoisotopic (exact) mass is 340 g/mol. The molecule has 0 aromatic rings. The summed E-state index contributed by atoms with van der Waals surface area (Å²) in [4.78, 5) is 22.2. The fourth-order valence-corrected chi connectivity index (χ4v) is 3.20. The van der Waals surface area contributed by atoms with Gasteiger partial charge in [0, 0.05) is 12.8 Å². The van der Waals surface area contributed by atoms with Gasteiger partial charge in [0.15, 0.2) is 0 Å². The highest BCUT2D eigenvalue weighted by Crippen LogP contribution is 2.21. The molecule has 0 aliphatic heterocycles. The molecule has 0 atom stereocenters. The van der Waals surface area contributed by atoms with E-state index in [0.29, 0.717) is 18.8 Å². The lowest BCUT2D eigenvalue weighted by Gasteiger charge is -2.22. The first-order chi connectivity index (χ1) is 11.5. The molecule has 0 amide bonds. The summed E-state index contributed by atoms with van der Waals surface area (Å²) in [6.07, 6.45) is 13.3. The second kappa shape index (κ2) is 12.3. The molecular formula is C20H36O4. The van der Waals surface area contributed by atoms with E-state index in [1.165, 1.54) is 38.5 Å². The Morgan fingerprint density at radius 3 is 1.58 bits per heavy atom. The van der Waals surface area contributed by atoms with Crippen LogP contribution < -0.4 is 0 Å². The van der Waals surface area contributed by atoms with Gasteiger partial charge in [0.1, 0.15) is 12.2 Å². The van der Waals surface area contributed by atoms with Gasteiger partial charge in [-0.15, -0.1) is 0 Å². The van der Waals surface area contributed by atoms with Gasteiger partial charge in [0.05, 0.1) is 0 Å². The lowest BCUT2D eigenvalue weighted by molar-refractivity contribution is -0.151. The number of carbonyl (C=O) groups excluding carboxylic acids is 2. The van der Waals surface area contributed by atoms with Crippen molar-refractivity contribution in [2.75, 3.05) is 0 Å². The van der Waals surface area contributed by atoms with E-state index in [1.54, 1.807) is 0 Å². The molecule has 0 spiro atoms. The van der Waals surface area contributed by atoms with E-state index in [9.17, 15) is 9.59 Å². The first-order valence-electron chi connectivity index (χ1n) is 9.90. The van der Waals surface area contributed by atoms with Crippen LogP contribution in [0.4, 0.5) is 0 Å². The maximum atomic E-state index is 11.3. The minimum atomic E-state index is -0.0445. The fraction of sp³-hybridized carbons (Fsp3) is 0.900. The second-order valence-electron chi connectivity index (χ2n) is 7.45. The van der Waals surface area contributed by atoms with Crippen molar-refractivity contribution in [1.82, 2.24) is 0 Å². The van der Waals surface area contributed by atoms with E-state index in [0.717, 1.165) is 25.7 Å². The van der Waals surface area contributed by atoms with Crippen LogP contribution in [0.1, 0.15) is 97.8 Å². The van der Waals surface area contributed by atoms with E-state index < -0.39 is 0 Å². The van der Waals surface area contributed by atoms with Crippen molar-refractivity contribution in [3.05, 3.63) is 0 Å². The van der Waals surface area contributed by atoms with Crippen molar-refractivity contribution in [2.45, 2.75) is 110 Å². The number of carbonyl (C=O) groups is 2. The minimum absolute atomic E-state index is 0.0121. The number of hydrogen-bond donors (Lipinski definition) is 0. The zero-order valence-electron chi connectivity index (χ0n) is 15.9. The summed E-state index contributed by atoms with van der Waals surface area (Å²) in [5.74, 6) is 0.356. The van der Waals surface area contributed by atoms with Gasteiger partial charge in [-0.25, -0.2) is 0 Å². The Bertz CT molecular complexity index is 353.